The lowest BCUT2D eigenvalue weighted by Crippen LogP contribution is -2.40. The second kappa shape index (κ2) is 9.12. The van der Waals surface area contributed by atoms with Gasteiger partial charge in [0.2, 0.25) is 0 Å². The average molecular weight is 457 g/mol. The standard InChI is InChI=1S/C23H28N4O2S2/c1-4-5-9-27-22(29)18(31-23(27)30)12-17-20(25-13-15(2)11-16(3)14-25)24-19-8-6-7-10-26(19)21(17)28/h6-8,10,12,15-16H,4-5,9,11,13-14H2,1-3H3/b18-12+. The van der Waals surface area contributed by atoms with Gasteiger partial charge in [0.25, 0.3) is 11.5 Å². The van der Waals surface area contributed by atoms with Crippen LogP contribution in [-0.2, 0) is 4.79 Å². The van der Waals surface area contributed by atoms with E-state index >= 15 is 0 Å². The van der Waals surface area contributed by atoms with Crippen molar-refractivity contribution in [2.24, 2.45) is 11.8 Å². The third-order valence-corrected chi connectivity index (χ3v) is 7.18. The van der Waals surface area contributed by atoms with Gasteiger partial charge in [0, 0.05) is 25.8 Å². The molecule has 164 valence electrons. The smallest absolute Gasteiger partial charge is 0.267 e. The Balaban J connectivity index is 1.82. The summed E-state index contributed by atoms with van der Waals surface area (Å²) < 4.78 is 2.10. The SMILES string of the molecule is CCCCN1C(=O)/C(=C\c2c(N3CC(C)CC(C)C3)nc3ccccn3c2=O)SC1=S. The van der Waals surface area contributed by atoms with Crippen LogP contribution in [0.4, 0.5) is 5.82 Å². The molecule has 4 rings (SSSR count). The van der Waals surface area contributed by atoms with E-state index in [0.717, 1.165) is 32.4 Å². The van der Waals surface area contributed by atoms with Crippen molar-refractivity contribution in [1.29, 1.82) is 0 Å². The molecule has 0 N–H and O–H groups in total. The number of hydrogen-bond donors (Lipinski definition) is 0. The molecule has 2 unspecified atom stereocenters. The van der Waals surface area contributed by atoms with Crippen LogP contribution < -0.4 is 10.5 Å². The maximum absolute atomic E-state index is 13.5. The number of unbranched alkanes of at least 4 members (excludes halogenated alkanes) is 1. The van der Waals surface area contributed by atoms with Crippen LogP contribution in [0.2, 0.25) is 0 Å². The number of fused-ring (bicyclic) bond motifs is 1. The molecular weight excluding hydrogens is 428 g/mol. The number of piperidine rings is 1. The summed E-state index contributed by atoms with van der Waals surface area (Å²) in [5.41, 5.74) is 0.910. The number of nitrogens with zero attached hydrogens (tertiary/aromatic N) is 4. The molecule has 4 heterocycles. The van der Waals surface area contributed by atoms with Crippen molar-refractivity contribution in [3.05, 3.63) is 45.2 Å². The zero-order valence-corrected chi connectivity index (χ0v) is 19.8. The van der Waals surface area contributed by atoms with Crippen molar-refractivity contribution < 1.29 is 4.79 Å². The van der Waals surface area contributed by atoms with E-state index in [9.17, 15) is 9.59 Å². The van der Waals surface area contributed by atoms with Gasteiger partial charge in [0.15, 0.2) is 0 Å². The Morgan fingerprint density at radius 1 is 1.23 bits per heavy atom. The van der Waals surface area contributed by atoms with E-state index in [-0.39, 0.29) is 11.5 Å². The van der Waals surface area contributed by atoms with Gasteiger partial charge in [-0.25, -0.2) is 4.98 Å². The quantitative estimate of drug-likeness (QED) is 0.497. The number of amides is 1. The Morgan fingerprint density at radius 3 is 2.68 bits per heavy atom. The Labute approximate surface area is 192 Å². The predicted molar refractivity (Wildman–Crippen MR) is 131 cm³/mol. The number of hydrogen-bond acceptors (Lipinski definition) is 6. The summed E-state index contributed by atoms with van der Waals surface area (Å²) in [6, 6.07) is 5.54. The van der Waals surface area contributed by atoms with Gasteiger partial charge in [-0.1, -0.05) is 57.2 Å². The lowest BCUT2D eigenvalue weighted by atomic mass is 9.91. The Morgan fingerprint density at radius 2 is 1.97 bits per heavy atom. The van der Waals surface area contributed by atoms with Gasteiger partial charge in [0.05, 0.1) is 10.5 Å². The molecule has 2 atom stereocenters. The number of rotatable bonds is 5. The van der Waals surface area contributed by atoms with Crippen molar-refractivity contribution in [2.45, 2.75) is 40.0 Å². The summed E-state index contributed by atoms with van der Waals surface area (Å²) in [6.45, 7) is 8.85. The third-order valence-electron chi connectivity index (χ3n) is 5.80. The van der Waals surface area contributed by atoms with Gasteiger partial charge in [-0.05, 0) is 42.9 Å². The highest BCUT2D eigenvalue weighted by molar-refractivity contribution is 8.26. The number of pyridine rings is 1. The number of carbonyl (C=O) groups excluding carboxylic acids is 1. The molecule has 1 amide bonds. The molecule has 2 aliphatic rings. The van der Waals surface area contributed by atoms with E-state index in [4.69, 9.17) is 17.2 Å². The van der Waals surface area contributed by atoms with Crippen molar-refractivity contribution >= 4 is 51.7 Å². The highest BCUT2D eigenvalue weighted by Crippen LogP contribution is 2.34. The molecule has 31 heavy (non-hydrogen) atoms. The number of anilines is 1. The number of thiocarbonyl (C=S) groups is 1. The van der Waals surface area contributed by atoms with E-state index in [1.54, 1.807) is 21.6 Å². The van der Waals surface area contributed by atoms with E-state index < -0.39 is 0 Å². The maximum atomic E-state index is 13.5. The molecule has 6 nitrogen and oxygen atoms in total. The second-order valence-corrected chi connectivity index (χ2v) is 10.3. The predicted octanol–water partition coefficient (Wildman–Crippen LogP) is 4.18. The van der Waals surface area contributed by atoms with Gasteiger partial charge in [-0.2, -0.15) is 0 Å². The molecule has 2 saturated heterocycles. The largest absolute Gasteiger partial charge is 0.355 e. The Kier molecular flexibility index (Phi) is 6.48. The first-order chi connectivity index (χ1) is 14.9. The van der Waals surface area contributed by atoms with Crippen molar-refractivity contribution in [1.82, 2.24) is 14.3 Å². The Hall–Kier alpha value is -2.19. The molecule has 0 saturated carbocycles. The lowest BCUT2D eigenvalue weighted by molar-refractivity contribution is -0.122. The molecule has 2 aromatic rings. The minimum absolute atomic E-state index is 0.118. The third kappa shape index (κ3) is 4.41. The molecule has 2 aliphatic heterocycles. The number of carbonyl (C=O) groups is 1. The minimum atomic E-state index is -0.162. The molecule has 0 aromatic carbocycles. The first kappa shape index (κ1) is 22.0. The molecule has 0 aliphatic carbocycles. The summed E-state index contributed by atoms with van der Waals surface area (Å²) in [4.78, 5) is 35.7. The molecule has 0 bridgehead atoms. The first-order valence-corrected chi connectivity index (χ1v) is 12.1. The van der Waals surface area contributed by atoms with E-state index in [1.807, 2.05) is 18.2 Å². The van der Waals surface area contributed by atoms with E-state index in [0.29, 0.717) is 44.6 Å². The minimum Gasteiger partial charge on any atom is -0.355 e. The fourth-order valence-corrected chi connectivity index (χ4v) is 5.72. The monoisotopic (exact) mass is 456 g/mol. The van der Waals surface area contributed by atoms with Gasteiger partial charge < -0.3 is 4.90 Å². The van der Waals surface area contributed by atoms with Gasteiger partial charge >= 0.3 is 0 Å². The van der Waals surface area contributed by atoms with Crippen LogP contribution in [0.1, 0.15) is 45.6 Å². The number of aromatic nitrogens is 2. The fourth-order valence-electron chi connectivity index (χ4n) is 4.43. The van der Waals surface area contributed by atoms with Crippen molar-refractivity contribution in [3.63, 3.8) is 0 Å². The maximum Gasteiger partial charge on any atom is 0.267 e. The lowest BCUT2D eigenvalue weighted by Gasteiger charge is -2.36. The van der Waals surface area contributed by atoms with Crippen LogP contribution in [0, 0.1) is 11.8 Å². The molecule has 2 aromatic heterocycles. The van der Waals surface area contributed by atoms with Crippen molar-refractivity contribution in [2.75, 3.05) is 24.5 Å². The van der Waals surface area contributed by atoms with Gasteiger partial charge in [-0.15, -0.1) is 0 Å². The highest BCUT2D eigenvalue weighted by Gasteiger charge is 2.33. The van der Waals surface area contributed by atoms with Crippen LogP contribution in [-0.4, -0.2) is 44.1 Å². The van der Waals surface area contributed by atoms with Gasteiger partial charge in [0.1, 0.15) is 15.8 Å². The molecule has 0 radical (unpaired) electrons. The fraction of sp³-hybridized carbons (Fsp3) is 0.478. The van der Waals surface area contributed by atoms with Crippen LogP contribution in [0.25, 0.3) is 11.7 Å². The highest BCUT2D eigenvalue weighted by atomic mass is 32.2. The molecule has 0 spiro atoms. The second-order valence-electron chi connectivity index (χ2n) is 8.62. The topological polar surface area (TPSA) is 57.9 Å². The summed E-state index contributed by atoms with van der Waals surface area (Å²) in [6.07, 6.45) is 6.48. The van der Waals surface area contributed by atoms with Crippen molar-refractivity contribution in [3.8, 4) is 0 Å². The van der Waals surface area contributed by atoms with E-state index in [1.165, 1.54) is 11.8 Å². The normalized spacial score (nSPS) is 23.4. The summed E-state index contributed by atoms with van der Waals surface area (Å²) in [7, 11) is 0. The summed E-state index contributed by atoms with van der Waals surface area (Å²) in [5.74, 6) is 1.57. The van der Waals surface area contributed by atoms with Crippen LogP contribution in [0.5, 0.6) is 0 Å². The van der Waals surface area contributed by atoms with Gasteiger partial charge in [-0.3, -0.25) is 18.9 Å². The molecular formula is C23H28N4O2S2. The zero-order chi connectivity index (χ0) is 22.1. The van der Waals surface area contributed by atoms with E-state index in [2.05, 4.69) is 25.7 Å². The Bertz CT molecular complexity index is 1100. The van der Waals surface area contributed by atoms with Crippen LogP contribution in [0.15, 0.2) is 34.1 Å². The molecule has 2 fully saturated rings. The van der Waals surface area contributed by atoms with Crippen LogP contribution in [0.3, 0.4) is 0 Å². The first-order valence-electron chi connectivity index (χ1n) is 10.9. The molecule has 8 heteroatoms. The summed E-state index contributed by atoms with van der Waals surface area (Å²) >= 11 is 6.71. The number of thioether (sulfide) groups is 1. The average Bonchev–Trinajstić information content (AvgIpc) is 3.00. The summed E-state index contributed by atoms with van der Waals surface area (Å²) in [5, 5.41) is 0. The van der Waals surface area contributed by atoms with Crippen LogP contribution >= 0.6 is 24.0 Å². The zero-order valence-electron chi connectivity index (χ0n) is 18.2.